The van der Waals surface area contributed by atoms with Gasteiger partial charge in [0, 0.05) is 58.7 Å². The molecule has 5 aromatic rings. The molecule has 0 bridgehead atoms. The van der Waals surface area contributed by atoms with Crippen molar-refractivity contribution in [3.8, 4) is 17.0 Å². The number of aromatic nitrogens is 4. The van der Waals surface area contributed by atoms with Crippen LogP contribution >= 0.6 is 15.9 Å². The highest BCUT2D eigenvalue weighted by Crippen LogP contribution is 2.34. The Hall–Kier alpha value is -3.62. The number of H-pyrrole nitrogens is 1. The number of hydrogen-bond acceptors (Lipinski definition) is 5. The normalized spacial score (nSPS) is 15.9. The fraction of sp³-hybridized carbons (Fsp3) is 0.185. The van der Waals surface area contributed by atoms with E-state index in [1.807, 2.05) is 31.7 Å². The maximum atomic E-state index is 6.45. The lowest BCUT2D eigenvalue weighted by atomic mass is 9.99. The first-order valence-electron chi connectivity index (χ1n) is 11.6. The third-order valence-electron chi connectivity index (χ3n) is 6.42. The van der Waals surface area contributed by atoms with Gasteiger partial charge in [-0.1, -0.05) is 52.3 Å². The van der Waals surface area contributed by atoms with Gasteiger partial charge in [0.05, 0.1) is 24.5 Å². The number of aryl methyl sites for hydroxylation is 1. The minimum Gasteiger partial charge on any atom is -0.469 e. The van der Waals surface area contributed by atoms with Crippen LogP contribution in [0.2, 0.25) is 0 Å². The fourth-order valence-electron chi connectivity index (χ4n) is 4.63. The van der Waals surface area contributed by atoms with E-state index >= 15 is 0 Å². The van der Waals surface area contributed by atoms with Gasteiger partial charge in [0.15, 0.2) is 0 Å². The number of nitrogens with zero attached hydrogens (tertiary/aromatic N) is 3. The van der Waals surface area contributed by atoms with E-state index in [9.17, 15) is 0 Å². The van der Waals surface area contributed by atoms with Crippen LogP contribution in [-0.2, 0) is 13.6 Å². The number of rotatable bonds is 6. The summed E-state index contributed by atoms with van der Waals surface area (Å²) in [7, 11) is 1.91. The molecular weight excluding hydrogens is 504 g/mol. The highest BCUT2D eigenvalue weighted by atomic mass is 79.9. The van der Waals surface area contributed by atoms with Crippen molar-refractivity contribution < 1.29 is 4.74 Å². The standard InChI is InChI=1S/C27H25BrN6O/c1-34-16-20(14-33-34)18-9-24-27(32-11-18)35-25(15-30-24)26(17-5-3-2-4-6-17)31-13-19-12-29-23-10-21(28)7-8-22(19)23/h2-12,14,16,25-26,29-31H,13,15H2,1H3/t25-,26+/m0/s1. The lowest BCUT2D eigenvalue weighted by Gasteiger charge is -2.33. The Balaban J connectivity index is 1.25. The number of aromatic amines is 1. The second-order valence-electron chi connectivity index (χ2n) is 8.79. The van der Waals surface area contributed by atoms with Crippen molar-refractivity contribution in [1.29, 1.82) is 0 Å². The molecule has 0 radical (unpaired) electrons. The molecule has 4 heterocycles. The number of fused-ring (bicyclic) bond motifs is 2. The van der Waals surface area contributed by atoms with Crippen molar-refractivity contribution >= 4 is 32.5 Å². The summed E-state index contributed by atoms with van der Waals surface area (Å²) in [5.74, 6) is 0.619. The number of pyridine rings is 1. The molecule has 176 valence electrons. The van der Waals surface area contributed by atoms with Crippen LogP contribution in [-0.4, -0.2) is 32.4 Å². The second-order valence-corrected chi connectivity index (χ2v) is 9.71. The maximum Gasteiger partial charge on any atom is 0.237 e. The molecule has 0 fully saturated rings. The molecule has 0 amide bonds. The van der Waals surface area contributed by atoms with Crippen molar-refractivity contribution in [2.45, 2.75) is 18.7 Å². The van der Waals surface area contributed by atoms with Crippen molar-refractivity contribution in [1.82, 2.24) is 25.1 Å². The molecule has 8 heteroatoms. The van der Waals surface area contributed by atoms with Crippen molar-refractivity contribution in [3.63, 3.8) is 0 Å². The van der Waals surface area contributed by atoms with Gasteiger partial charge in [0.1, 0.15) is 6.10 Å². The Morgan fingerprint density at radius 2 is 2.03 bits per heavy atom. The van der Waals surface area contributed by atoms with E-state index in [2.05, 4.69) is 96.4 Å². The van der Waals surface area contributed by atoms with Gasteiger partial charge in [-0.05, 0) is 29.3 Å². The van der Waals surface area contributed by atoms with E-state index in [4.69, 9.17) is 4.74 Å². The van der Waals surface area contributed by atoms with Crippen LogP contribution in [0.1, 0.15) is 17.2 Å². The van der Waals surface area contributed by atoms with Crippen LogP contribution in [0.4, 0.5) is 5.69 Å². The second kappa shape index (κ2) is 9.20. The fourth-order valence-corrected chi connectivity index (χ4v) is 4.99. The van der Waals surface area contributed by atoms with Crippen molar-refractivity contribution in [2.75, 3.05) is 11.9 Å². The summed E-state index contributed by atoms with van der Waals surface area (Å²) < 4.78 is 9.30. The van der Waals surface area contributed by atoms with E-state index in [0.717, 1.165) is 26.8 Å². The van der Waals surface area contributed by atoms with E-state index in [-0.39, 0.29) is 12.1 Å². The molecular formula is C27H25BrN6O. The minimum atomic E-state index is -0.124. The zero-order valence-corrected chi connectivity index (χ0v) is 20.8. The molecule has 3 aromatic heterocycles. The molecule has 2 aromatic carbocycles. The van der Waals surface area contributed by atoms with Crippen LogP contribution in [0.5, 0.6) is 5.88 Å². The molecule has 7 nitrogen and oxygen atoms in total. The summed E-state index contributed by atoms with van der Waals surface area (Å²) in [6.07, 6.45) is 7.61. The van der Waals surface area contributed by atoms with Gasteiger partial charge in [-0.3, -0.25) is 4.68 Å². The van der Waals surface area contributed by atoms with Gasteiger partial charge in [-0.15, -0.1) is 0 Å². The molecule has 1 aliphatic heterocycles. The lowest BCUT2D eigenvalue weighted by molar-refractivity contribution is 0.149. The Bertz CT molecular complexity index is 1480. The molecule has 0 aliphatic carbocycles. The zero-order chi connectivity index (χ0) is 23.8. The molecule has 0 saturated heterocycles. The summed E-state index contributed by atoms with van der Waals surface area (Å²) in [6.45, 7) is 1.37. The van der Waals surface area contributed by atoms with Crippen LogP contribution < -0.4 is 15.4 Å². The van der Waals surface area contributed by atoms with E-state index < -0.39 is 0 Å². The van der Waals surface area contributed by atoms with Gasteiger partial charge >= 0.3 is 0 Å². The van der Waals surface area contributed by atoms with Gasteiger partial charge in [0.25, 0.3) is 0 Å². The number of halogens is 1. The number of ether oxygens (including phenoxy) is 1. The highest BCUT2D eigenvalue weighted by Gasteiger charge is 2.30. The molecule has 6 rings (SSSR count). The van der Waals surface area contributed by atoms with Gasteiger partial charge in [-0.2, -0.15) is 5.10 Å². The molecule has 0 unspecified atom stereocenters. The maximum absolute atomic E-state index is 6.45. The minimum absolute atomic E-state index is 0.0166. The average molecular weight is 529 g/mol. The molecule has 1 aliphatic rings. The van der Waals surface area contributed by atoms with Gasteiger partial charge < -0.3 is 20.4 Å². The average Bonchev–Trinajstić information content (AvgIpc) is 3.50. The van der Waals surface area contributed by atoms with Crippen molar-refractivity contribution in [2.24, 2.45) is 7.05 Å². The Morgan fingerprint density at radius 1 is 1.14 bits per heavy atom. The summed E-state index contributed by atoms with van der Waals surface area (Å²) in [4.78, 5) is 8.01. The third kappa shape index (κ3) is 4.42. The molecule has 2 atom stereocenters. The summed E-state index contributed by atoms with van der Waals surface area (Å²) in [5, 5.41) is 12.8. The van der Waals surface area contributed by atoms with Crippen molar-refractivity contribution in [3.05, 3.63) is 95.0 Å². The summed E-state index contributed by atoms with van der Waals surface area (Å²) in [6, 6.07) is 18.8. The van der Waals surface area contributed by atoms with Crippen LogP contribution in [0.15, 0.2) is 83.9 Å². The van der Waals surface area contributed by atoms with Gasteiger partial charge in [-0.25, -0.2) is 4.98 Å². The van der Waals surface area contributed by atoms with Crippen LogP contribution in [0.25, 0.3) is 22.0 Å². The predicted octanol–water partition coefficient (Wildman–Crippen LogP) is 5.43. The first-order chi connectivity index (χ1) is 17.1. The Morgan fingerprint density at radius 3 is 2.86 bits per heavy atom. The number of nitrogens with one attached hydrogen (secondary N) is 3. The highest BCUT2D eigenvalue weighted by molar-refractivity contribution is 9.10. The SMILES string of the molecule is Cn1cc(-c2cnc3c(c2)NC[C@@H]([C@H](NCc2c[nH]c4cc(Br)ccc24)c2ccccc2)O3)cn1. The molecule has 35 heavy (non-hydrogen) atoms. The topological polar surface area (TPSA) is 79.8 Å². The molecule has 0 spiro atoms. The zero-order valence-electron chi connectivity index (χ0n) is 19.2. The summed E-state index contributed by atoms with van der Waals surface area (Å²) >= 11 is 3.55. The number of anilines is 1. The van der Waals surface area contributed by atoms with Gasteiger partial charge in [0.2, 0.25) is 5.88 Å². The first kappa shape index (κ1) is 21.9. The first-order valence-corrected chi connectivity index (χ1v) is 12.4. The third-order valence-corrected chi connectivity index (χ3v) is 6.91. The van der Waals surface area contributed by atoms with E-state index in [1.54, 1.807) is 4.68 Å². The lowest BCUT2D eigenvalue weighted by Crippen LogP contribution is -2.42. The van der Waals surface area contributed by atoms with E-state index in [0.29, 0.717) is 19.0 Å². The quantitative estimate of drug-likeness (QED) is 0.274. The molecule has 3 N–H and O–H groups in total. The Labute approximate surface area is 211 Å². The monoisotopic (exact) mass is 528 g/mol. The number of benzene rings is 2. The largest absolute Gasteiger partial charge is 0.469 e. The van der Waals surface area contributed by atoms with Crippen LogP contribution in [0, 0.1) is 0 Å². The summed E-state index contributed by atoms with van der Waals surface area (Å²) in [5.41, 5.74) is 6.45. The smallest absolute Gasteiger partial charge is 0.237 e. The van der Waals surface area contributed by atoms with Crippen LogP contribution in [0.3, 0.4) is 0 Å². The Kier molecular flexibility index (Phi) is 5.75. The van der Waals surface area contributed by atoms with E-state index in [1.165, 1.54) is 16.5 Å². The number of hydrogen-bond donors (Lipinski definition) is 3. The molecule has 0 saturated carbocycles. The predicted molar refractivity (Wildman–Crippen MR) is 141 cm³/mol.